The van der Waals surface area contributed by atoms with Gasteiger partial charge >= 0.3 is 0 Å². The lowest BCUT2D eigenvalue weighted by Crippen LogP contribution is -2.34. The lowest BCUT2D eigenvalue weighted by Gasteiger charge is -2.24. The molecule has 0 bridgehead atoms. The van der Waals surface area contributed by atoms with Gasteiger partial charge in [0.25, 0.3) is 0 Å². The molecule has 2 aromatic rings. The van der Waals surface area contributed by atoms with E-state index in [1.165, 1.54) is 27.8 Å². The Labute approximate surface area is 144 Å². The highest BCUT2D eigenvalue weighted by molar-refractivity contribution is 7.89. The van der Waals surface area contributed by atoms with Crippen LogP contribution in [-0.2, 0) is 16.4 Å². The molecule has 0 amide bonds. The molecule has 1 aromatic heterocycles. The smallest absolute Gasteiger partial charge is 0.215 e. The fraction of sp³-hybridized carbons (Fsp3) is 0.438. The van der Waals surface area contributed by atoms with Gasteiger partial charge in [0.2, 0.25) is 10.0 Å². The van der Waals surface area contributed by atoms with Gasteiger partial charge in [-0.3, -0.25) is 0 Å². The molecule has 3 rings (SSSR count). The standard InChI is InChI=1S/C16H19FN2O3S2/c1-11-16(23-10-18-11)5-6-24(21,22)19-9-14(20)8-15(19)12-3-2-4-13(17)7-12/h2-4,7,10,14-15,20H,5-6,8-9H2,1H3. The highest BCUT2D eigenvalue weighted by atomic mass is 32.2. The average molecular weight is 370 g/mol. The fourth-order valence-corrected chi connectivity index (χ4v) is 5.62. The van der Waals surface area contributed by atoms with Crippen molar-refractivity contribution in [2.45, 2.75) is 31.9 Å². The SMILES string of the molecule is Cc1ncsc1CCS(=O)(=O)N1CC(O)CC1c1cccc(F)c1. The molecule has 24 heavy (non-hydrogen) atoms. The van der Waals surface area contributed by atoms with Crippen LogP contribution in [-0.4, -0.2) is 41.2 Å². The Kier molecular flexibility index (Phi) is 5.00. The first-order valence-corrected chi connectivity index (χ1v) is 10.2. The van der Waals surface area contributed by atoms with Crippen LogP contribution in [0.3, 0.4) is 0 Å². The number of benzene rings is 1. The largest absolute Gasteiger partial charge is 0.392 e. The van der Waals surface area contributed by atoms with Crippen LogP contribution in [0.4, 0.5) is 4.39 Å². The van der Waals surface area contributed by atoms with Crippen molar-refractivity contribution in [1.82, 2.24) is 9.29 Å². The van der Waals surface area contributed by atoms with E-state index in [1.54, 1.807) is 17.6 Å². The fourth-order valence-electron chi connectivity index (χ4n) is 3.01. The zero-order valence-corrected chi connectivity index (χ0v) is 14.9. The molecule has 2 atom stereocenters. The van der Waals surface area contributed by atoms with Crippen LogP contribution in [0.2, 0.25) is 0 Å². The van der Waals surface area contributed by atoms with Crippen molar-refractivity contribution in [3.63, 3.8) is 0 Å². The van der Waals surface area contributed by atoms with Crippen LogP contribution in [0.25, 0.3) is 0 Å². The molecule has 2 unspecified atom stereocenters. The van der Waals surface area contributed by atoms with E-state index < -0.39 is 28.0 Å². The number of nitrogens with zero attached hydrogens (tertiary/aromatic N) is 2. The van der Waals surface area contributed by atoms with E-state index in [2.05, 4.69) is 4.98 Å². The Morgan fingerprint density at radius 2 is 2.25 bits per heavy atom. The van der Waals surface area contributed by atoms with Crippen molar-refractivity contribution in [1.29, 1.82) is 0 Å². The monoisotopic (exact) mass is 370 g/mol. The number of aromatic nitrogens is 1. The van der Waals surface area contributed by atoms with Crippen molar-refractivity contribution in [2.75, 3.05) is 12.3 Å². The summed E-state index contributed by atoms with van der Waals surface area (Å²) in [6.45, 7) is 1.90. The Hall–Kier alpha value is -1.35. The quantitative estimate of drug-likeness (QED) is 0.877. The lowest BCUT2D eigenvalue weighted by molar-refractivity contribution is 0.188. The summed E-state index contributed by atoms with van der Waals surface area (Å²) in [4.78, 5) is 5.07. The second-order valence-corrected chi connectivity index (χ2v) is 8.94. The Morgan fingerprint density at radius 1 is 1.46 bits per heavy atom. The molecular weight excluding hydrogens is 351 g/mol. The maximum Gasteiger partial charge on any atom is 0.215 e. The van der Waals surface area contributed by atoms with Crippen LogP contribution in [0.5, 0.6) is 0 Å². The summed E-state index contributed by atoms with van der Waals surface area (Å²) in [5.74, 6) is -0.458. The van der Waals surface area contributed by atoms with Crippen LogP contribution in [0.1, 0.15) is 28.6 Å². The number of aliphatic hydroxyl groups excluding tert-OH is 1. The molecule has 130 valence electrons. The van der Waals surface area contributed by atoms with Crippen LogP contribution in [0, 0.1) is 12.7 Å². The molecule has 1 saturated heterocycles. The van der Waals surface area contributed by atoms with Gasteiger partial charge in [0.1, 0.15) is 5.82 Å². The second kappa shape index (κ2) is 6.87. The summed E-state index contributed by atoms with van der Waals surface area (Å²) in [6.07, 6.45) is -0.0676. The van der Waals surface area contributed by atoms with E-state index in [4.69, 9.17) is 0 Å². The second-order valence-electron chi connectivity index (χ2n) is 5.96. The molecule has 2 heterocycles. The Bertz CT molecular complexity index is 822. The molecule has 1 fully saturated rings. The predicted octanol–water partition coefficient (Wildman–Crippen LogP) is 2.27. The van der Waals surface area contributed by atoms with E-state index in [0.717, 1.165) is 10.6 Å². The van der Waals surface area contributed by atoms with Gasteiger partial charge in [-0.05, 0) is 37.5 Å². The maximum atomic E-state index is 13.5. The minimum absolute atomic E-state index is 0.0468. The van der Waals surface area contributed by atoms with E-state index in [-0.39, 0.29) is 18.7 Å². The van der Waals surface area contributed by atoms with E-state index in [1.807, 2.05) is 6.92 Å². The molecule has 0 radical (unpaired) electrons. The minimum atomic E-state index is -3.57. The molecule has 0 spiro atoms. The molecule has 1 N–H and O–H groups in total. The number of aryl methyl sites for hydroxylation is 2. The highest BCUT2D eigenvalue weighted by Crippen LogP contribution is 2.35. The van der Waals surface area contributed by atoms with Gasteiger partial charge < -0.3 is 5.11 Å². The van der Waals surface area contributed by atoms with Crippen molar-refractivity contribution in [3.05, 3.63) is 51.7 Å². The van der Waals surface area contributed by atoms with E-state index in [0.29, 0.717) is 12.0 Å². The Morgan fingerprint density at radius 3 is 2.92 bits per heavy atom. The zero-order chi connectivity index (χ0) is 17.3. The summed E-state index contributed by atoms with van der Waals surface area (Å²) >= 11 is 1.44. The van der Waals surface area contributed by atoms with Gasteiger partial charge in [0.05, 0.1) is 29.1 Å². The van der Waals surface area contributed by atoms with Gasteiger partial charge in [-0.2, -0.15) is 4.31 Å². The third-order valence-electron chi connectivity index (χ3n) is 4.26. The van der Waals surface area contributed by atoms with Gasteiger partial charge in [0.15, 0.2) is 0 Å². The molecular formula is C16H19FN2O3S2. The number of halogens is 1. The molecule has 0 aliphatic carbocycles. The molecule has 1 aromatic carbocycles. The molecule has 8 heteroatoms. The Balaban J connectivity index is 1.81. The third kappa shape index (κ3) is 3.66. The van der Waals surface area contributed by atoms with Gasteiger partial charge in [-0.15, -0.1) is 11.3 Å². The highest BCUT2D eigenvalue weighted by Gasteiger charge is 2.39. The predicted molar refractivity (Wildman–Crippen MR) is 90.8 cm³/mol. The molecule has 1 aliphatic rings. The topological polar surface area (TPSA) is 70.5 Å². The van der Waals surface area contributed by atoms with Crippen molar-refractivity contribution in [3.8, 4) is 0 Å². The summed E-state index contributed by atoms with van der Waals surface area (Å²) in [6, 6.07) is 5.38. The maximum absolute atomic E-state index is 13.5. The first kappa shape index (κ1) is 17.5. The first-order chi connectivity index (χ1) is 11.4. The molecule has 1 aliphatic heterocycles. The van der Waals surface area contributed by atoms with Crippen LogP contribution < -0.4 is 0 Å². The van der Waals surface area contributed by atoms with Gasteiger partial charge in [0, 0.05) is 11.4 Å². The average Bonchev–Trinajstić information content (AvgIpc) is 3.11. The number of β-amino-alcohol motifs (C(OH)–C–C–N with tert-alkyl or cyclic N) is 1. The lowest BCUT2D eigenvalue weighted by atomic mass is 10.0. The number of hydrogen-bond acceptors (Lipinski definition) is 5. The van der Waals surface area contributed by atoms with Crippen molar-refractivity contribution in [2.24, 2.45) is 0 Å². The van der Waals surface area contributed by atoms with E-state index >= 15 is 0 Å². The number of aliphatic hydroxyl groups is 1. The summed E-state index contributed by atoms with van der Waals surface area (Å²) in [7, 11) is -3.57. The zero-order valence-electron chi connectivity index (χ0n) is 13.2. The summed E-state index contributed by atoms with van der Waals surface area (Å²) < 4.78 is 40.3. The first-order valence-electron chi connectivity index (χ1n) is 7.69. The third-order valence-corrected chi connectivity index (χ3v) is 7.09. The normalized spacial score (nSPS) is 22.1. The summed E-state index contributed by atoms with van der Waals surface area (Å²) in [5, 5.41) is 9.95. The van der Waals surface area contributed by atoms with Crippen LogP contribution in [0.15, 0.2) is 29.8 Å². The van der Waals surface area contributed by atoms with Crippen LogP contribution >= 0.6 is 11.3 Å². The number of thiazole rings is 1. The molecule has 0 saturated carbocycles. The van der Waals surface area contributed by atoms with Crippen molar-refractivity contribution >= 4 is 21.4 Å². The van der Waals surface area contributed by atoms with Crippen molar-refractivity contribution < 1.29 is 17.9 Å². The van der Waals surface area contributed by atoms with Gasteiger partial charge in [-0.1, -0.05) is 12.1 Å². The number of hydrogen-bond donors (Lipinski definition) is 1. The van der Waals surface area contributed by atoms with E-state index in [9.17, 15) is 17.9 Å². The minimum Gasteiger partial charge on any atom is -0.392 e. The number of rotatable bonds is 5. The number of sulfonamides is 1. The summed E-state index contributed by atoms with van der Waals surface area (Å²) in [5.41, 5.74) is 3.12. The molecule has 5 nitrogen and oxygen atoms in total. The van der Waals surface area contributed by atoms with Gasteiger partial charge in [-0.25, -0.2) is 17.8 Å².